The van der Waals surface area contributed by atoms with Crippen LogP contribution in [0, 0.1) is 0 Å². The van der Waals surface area contributed by atoms with Crippen molar-refractivity contribution in [3.63, 3.8) is 0 Å². The number of allylic oxidation sites excluding steroid dienone is 14. The highest BCUT2D eigenvalue weighted by Gasteiger charge is 2.22. The number of carbonyl (C=O) groups is 3. The first-order valence-corrected chi connectivity index (χ1v) is 30.7. The predicted octanol–water partition coefficient (Wildman–Crippen LogP) is 17.0. The maximum Gasteiger partial charge on any atom is 0.306 e. The Bertz CT molecular complexity index is 1500. The third-order valence-electron chi connectivity index (χ3n) is 13.1. The molecule has 2 atom stereocenters. The van der Waals surface area contributed by atoms with Gasteiger partial charge in [-0.1, -0.05) is 240 Å². The number of ether oxygens (including phenoxy) is 4. The Morgan fingerprint density at radius 3 is 1.15 bits per heavy atom. The van der Waals surface area contributed by atoms with E-state index in [4.69, 9.17) is 18.9 Å². The number of esters is 2. The summed E-state index contributed by atoms with van der Waals surface area (Å²) >= 11 is 0. The third kappa shape index (κ3) is 58.0. The monoisotopic (exact) mass is 1050 g/mol. The average molecular weight is 1050 g/mol. The molecule has 0 aliphatic rings. The molecule has 0 aliphatic carbocycles. The zero-order valence-electron chi connectivity index (χ0n) is 49.1. The molecule has 9 heteroatoms. The molecule has 0 aromatic carbocycles. The van der Waals surface area contributed by atoms with Crippen LogP contribution in [0.4, 0.5) is 0 Å². The van der Waals surface area contributed by atoms with Crippen molar-refractivity contribution in [2.24, 2.45) is 0 Å². The second-order valence-corrected chi connectivity index (χ2v) is 21.6. The molecule has 0 rings (SSSR count). The zero-order chi connectivity index (χ0) is 54.8. The van der Waals surface area contributed by atoms with Gasteiger partial charge >= 0.3 is 11.9 Å². The summed E-state index contributed by atoms with van der Waals surface area (Å²) < 4.78 is 22.7. The maximum absolute atomic E-state index is 12.9. The van der Waals surface area contributed by atoms with Gasteiger partial charge in [-0.25, -0.2) is 0 Å². The van der Waals surface area contributed by atoms with Gasteiger partial charge in [0.2, 0.25) is 0 Å². The summed E-state index contributed by atoms with van der Waals surface area (Å²) in [5.41, 5.74) is 0. The van der Waals surface area contributed by atoms with Gasteiger partial charge in [-0.05, 0) is 89.9 Å². The molecule has 0 N–H and O–H groups in total. The first-order valence-electron chi connectivity index (χ1n) is 30.7. The molecule has 0 heterocycles. The number of aliphatic carboxylic acids is 1. The topological polar surface area (TPSA) is 111 Å². The SMILES string of the molecule is CC/C=C\C/C=C\C/C=C\C/C=C\C/C=C\C/C=C\CCCCCCC(=O)OC(COC(=O)CCCCCCCCCCCCCCCCC/C=C\CCCCCCCCCC)COC(OCC[N+](C)(C)C)C(=O)[O-]. The van der Waals surface area contributed by atoms with E-state index in [-0.39, 0.29) is 38.6 Å². The van der Waals surface area contributed by atoms with Gasteiger partial charge in [0.15, 0.2) is 12.4 Å². The number of unbranched alkanes of at least 4 members (excludes halogenated alkanes) is 27. The number of rotatable bonds is 56. The van der Waals surface area contributed by atoms with Crippen LogP contribution in [0.5, 0.6) is 0 Å². The van der Waals surface area contributed by atoms with E-state index in [9.17, 15) is 19.5 Å². The highest BCUT2D eigenvalue weighted by atomic mass is 16.7. The second-order valence-electron chi connectivity index (χ2n) is 21.6. The van der Waals surface area contributed by atoms with Gasteiger partial charge in [0, 0.05) is 12.8 Å². The Kier molecular flexibility index (Phi) is 54.0. The minimum absolute atomic E-state index is 0.139. The fourth-order valence-corrected chi connectivity index (χ4v) is 8.42. The number of quaternary nitrogens is 1. The highest BCUT2D eigenvalue weighted by Crippen LogP contribution is 2.16. The van der Waals surface area contributed by atoms with E-state index in [1.54, 1.807) is 0 Å². The fourth-order valence-electron chi connectivity index (χ4n) is 8.42. The van der Waals surface area contributed by atoms with Crippen LogP contribution in [-0.4, -0.2) is 82.3 Å². The summed E-state index contributed by atoms with van der Waals surface area (Å²) in [5, 5.41) is 11.8. The molecular weight excluding hydrogens is 935 g/mol. The highest BCUT2D eigenvalue weighted by molar-refractivity contribution is 5.70. The Morgan fingerprint density at radius 2 is 0.760 bits per heavy atom. The van der Waals surface area contributed by atoms with Gasteiger partial charge < -0.3 is 33.3 Å². The van der Waals surface area contributed by atoms with Crippen molar-refractivity contribution in [1.82, 2.24) is 0 Å². The van der Waals surface area contributed by atoms with Crippen LogP contribution < -0.4 is 5.11 Å². The summed E-state index contributed by atoms with van der Waals surface area (Å²) in [6.45, 7) is 4.62. The van der Waals surface area contributed by atoms with Crippen LogP contribution in [0.1, 0.15) is 258 Å². The summed E-state index contributed by atoms with van der Waals surface area (Å²) in [6, 6.07) is 0. The van der Waals surface area contributed by atoms with E-state index in [2.05, 4.69) is 98.9 Å². The lowest BCUT2D eigenvalue weighted by Gasteiger charge is -2.26. The summed E-state index contributed by atoms with van der Waals surface area (Å²) in [7, 11) is 5.91. The molecule has 0 radical (unpaired) electrons. The molecule has 0 saturated heterocycles. The number of carboxylic acid groups (broad SMARTS) is 1. The van der Waals surface area contributed by atoms with Crippen LogP contribution >= 0.6 is 0 Å². The summed E-state index contributed by atoms with van der Waals surface area (Å²) in [6.07, 6.45) is 72.1. The molecule has 0 spiro atoms. The molecular formula is C66H115NO8. The van der Waals surface area contributed by atoms with Crippen molar-refractivity contribution in [2.45, 2.75) is 270 Å². The number of hydrogen-bond acceptors (Lipinski definition) is 8. The normalized spacial score (nSPS) is 13.3. The Morgan fingerprint density at radius 1 is 0.413 bits per heavy atom. The molecule has 0 aliphatic heterocycles. The molecule has 75 heavy (non-hydrogen) atoms. The molecule has 0 aromatic heterocycles. The lowest BCUT2D eigenvalue weighted by atomic mass is 10.0. The fraction of sp³-hybridized carbons (Fsp3) is 0.742. The quantitative estimate of drug-likeness (QED) is 0.0195. The van der Waals surface area contributed by atoms with Crippen molar-refractivity contribution in [1.29, 1.82) is 0 Å². The van der Waals surface area contributed by atoms with Crippen LogP contribution in [-0.2, 0) is 33.3 Å². The Balaban J connectivity index is 4.25. The lowest BCUT2D eigenvalue weighted by molar-refractivity contribution is -0.870. The van der Waals surface area contributed by atoms with Gasteiger partial charge in [0.25, 0.3) is 0 Å². The van der Waals surface area contributed by atoms with E-state index >= 15 is 0 Å². The van der Waals surface area contributed by atoms with Crippen molar-refractivity contribution >= 4 is 17.9 Å². The van der Waals surface area contributed by atoms with Gasteiger partial charge in [-0.3, -0.25) is 9.59 Å². The van der Waals surface area contributed by atoms with Crippen molar-refractivity contribution in [3.05, 3.63) is 85.1 Å². The molecule has 0 amide bonds. The molecule has 0 saturated carbocycles. The molecule has 432 valence electrons. The Hall–Kier alpha value is -3.53. The number of carbonyl (C=O) groups excluding carboxylic acids is 3. The van der Waals surface area contributed by atoms with Crippen LogP contribution in [0.3, 0.4) is 0 Å². The maximum atomic E-state index is 12.9. The van der Waals surface area contributed by atoms with Gasteiger partial charge in [-0.15, -0.1) is 0 Å². The van der Waals surface area contributed by atoms with E-state index in [1.165, 1.54) is 141 Å². The minimum atomic E-state index is -1.63. The third-order valence-corrected chi connectivity index (χ3v) is 13.1. The van der Waals surface area contributed by atoms with Crippen molar-refractivity contribution in [3.8, 4) is 0 Å². The van der Waals surface area contributed by atoms with Gasteiger partial charge in [0.05, 0.1) is 40.3 Å². The smallest absolute Gasteiger partial charge is 0.306 e. The van der Waals surface area contributed by atoms with Crippen LogP contribution in [0.2, 0.25) is 0 Å². The average Bonchev–Trinajstić information content (AvgIpc) is 3.38. The van der Waals surface area contributed by atoms with E-state index in [0.29, 0.717) is 17.4 Å². The van der Waals surface area contributed by atoms with E-state index in [1.807, 2.05) is 21.1 Å². The number of carboxylic acids is 1. The number of hydrogen-bond donors (Lipinski definition) is 0. The van der Waals surface area contributed by atoms with E-state index in [0.717, 1.165) is 83.5 Å². The number of nitrogens with zero attached hydrogens (tertiary/aromatic N) is 1. The summed E-state index contributed by atoms with van der Waals surface area (Å²) in [5.74, 6) is -2.32. The van der Waals surface area contributed by atoms with Crippen molar-refractivity contribution in [2.75, 3.05) is 47.5 Å². The predicted molar refractivity (Wildman–Crippen MR) is 315 cm³/mol. The number of likely N-dealkylation sites (N-methyl/N-ethyl adjacent to an activating group) is 1. The van der Waals surface area contributed by atoms with Gasteiger partial charge in [0.1, 0.15) is 13.2 Å². The van der Waals surface area contributed by atoms with E-state index < -0.39 is 24.3 Å². The molecule has 0 fully saturated rings. The molecule has 2 unspecified atom stereocenters. The minimum Gasteiger partial charge on any atom is -0.545 e. The molecule has 9 nitrogen and oxygen atoms in total. The summed E-state index contributed by atoms with van der Waals surface area (Å²) in [4.78, 5) is 37.3. The first kappa shape index (κ1) is 71.5. The first-order chi connectivity index (χ1) is 36.6. The standard InChI is InChI=1S/C66H115NO8/c1-6-8-10-12-14-16-18-20-22-24-26-28-30-31-32-33-35-36-38-40-42-44-46-48-50-52-54-56-63(68)73-60-62(61-74-66(65(70)71)72-59-58-67(3,4)5)75-64(69)57-55-53-51-49-47-45-43-41-39-37-34-29-27-25-23-21-19-17-15-13-11-9-7-2/h9,11,15,17,21,23-24,26-27,29,37,39,43,45,62,66H,6-8,10,12-14,16,18-20,22,25,28,30-36,38,40-42,44,46-61H2,1-5H3/b11-9-,17-15-,23-21-,26-24-,29-27-,39-37-,45-43-. The largest absolute Gasteiger partial charge is 0.545 e. The van der Waals surface area contributed by atoms with Crippen LogP contribution in [0.25, 0.3) is 0 Å². The zero-order valence-corrected chi connectivity index (χ0v) is 49.1. The Labute approximate surface area is 461 Å². The lowest BCUT2D eigenvalue weighted by Crippen LogP contribution is -2.44. The van der Waals surface area contributed by atoms with Gasteiger partial charge in [-0.2, -0.15) is 0 Å². The van der Waals surface area contributed by atoms with Crippen LogP contribution in [0.15, 0.2) is 85.1 Å². The van der Waals surface area contributed by atoms with Crippen molar-refractivity contribution < 1.29 is 42.9 Å². The molecule has 0 bridgehead atoms. The second kappa shape index (κ2) is 56.7. The molecule has 0 aromatic rings.